The number of non-ortho nitro benzene ring substituents is 1. The van der Waals surface area contributed by atoms with Crippen LogP contribution < -0.4 is 0 Å². The number of piperidine rings is 1. The predicted octanol–water partition coefficient (Wildman–Crippen LogP) is 0.986. The van der Waals surface area contributed by atoms with Gasteiger partial charge in [0.1, 0.15) is 0 Å². The highest BCUT2D eigenvalue weighted by molar-refractivity contribution is 7.89. The molecule has 110 valence electrons. The minimum Gasteiger partial charge on any atom is -0.391 e. The standard InChI is InChI=1S/C12H16N2O5S/c1-9-5-6-13(8-12(9)15)20(18,19)11-4-2-3-10(7-11)14(16)17/h2-4,7,9,12,15H,5-6,8H2,1H3. The Morgan fingerprint density at radius 3 is 2.75 bits per heavy atom. The monoisotopic (exact) mass is 300 g/mol. The first-order chi connectivity index (χ1) is 9.32. The van der Waals surface area contributed by atoms with Crippen molar-refractivity contribution in [3.63, 3.8) is 0 Å². The number of nitro benzene ring substituents is 1. The molecule has 0 aromatic heterocycles. The molecule has 2 unspecified atom stereocenters. The normalized spacial score (nSPS) is 24.5. The third-order valence-corrected chi connectivity index (χ3v) is 5.41. The number of sulfonamides is 1. The van der Waals surface area contributed by atoms with Crippen molar-refractivity contribution in [3.05, 3.63) is 34.4 Å². The van der Waals surface area contributed by atoms with Crippen LogP contribution in [0.25, 0.3) is 0 Å². The maximum atomic E-state index is 12.4. The van der Waals surface area contributed by atoms with E-state index in [1.54, 1.807) is 0 Å². The zero-order valence-corrected chi connectivity index (χ0v) is 11.8. The SMILES string of the molecule is CC1CCN(S(=O)(=O)c2cccc([N+](=O)[O-])c2)CC1O. The average molecular weight is 300 g/mol. The summed E-state index contributed by atoms with van der Waals surface area (Å²) in [7, 11) is -3.81. The highest BCUT2D eigenvalue weighted by Gasteiger charge is 2.33. The Morgan fingerprint density at radius 1 is 1.45 bits per heavy atom. The van der Waals surface area contributed by atoms with Gasteiger partial charge in [0.15, 0.2) is 0 Å². The van der Waals surface area contributed by atoms with Gasteiger partial charge in [-0.25, -0.2) is 8.42 Å². The molecular formula is C12H16N2O5S. The number of β-amino-alcohol motifs (C(OH)–C–C–N with tert-alkyl or cyclic N) is 1. The zero-order valence-electron chi connectivity index (χ0n) is 11.0. The van der Waals surface area contributed by atoms with Crippen LogP contribution >= 0.6 is 0 Å². The molecule has 2 rings (SSSR count). The highest BCUT2D eigenvalue weighted by Crippen LogP contribution is 2.25. The molecule has 8 heteroatoms. The van der Waals surface area contributed by atoms with Gasteiger partial charge in [-0.2, -0.15) is 4.31 Å². The van der Waals surface area contributed by atoms with Crippen molar-refractivity contribution in [2.45, 2.75) is 24.3 Å². The van der Waals surface area contributed by atoms with Gasteiger partial charge in [-0.05, 0) is 18.4 Å². The summed E-state index contributed by atoms with van der Waals surface area (Å²) in [5, 5.41) is 20.5. The van der Waals surface area contributed by atoms with E-state index in [9.17, 15) is 23.6 Å². The van der Waals surface area contributed by atoms with Gasteiger partial charge in [-0.15, -0.1) is 0 Å². The molecule has 0 bridgehead atoms. The molecule has 0 radical (unpaired) electrons. The fourth-order valence-corrected chi connectivity index (χ4v) is 3.66. The summed E-state index contributed by atoms with van der Waals surface area (Å²) < 4.78 is 26.0. The molecule has 0 saturated carbocycles. The summed E-state index contributed by atoms with van der Waals surface area (Å²) in [5.74, 6) is 0.0477. The average Bonchev–Trinajstić information content (AvgIpc) is 2.42. The van der Waals surface area contributed by atoms with E-state index in [2.05, 4.69) is 0 Å². The van der Waals surface area contributed by atoms with Gasteiger partial charge >= 0.3 is 0 Å². The molecule has 1 heterocycles. The molecule has 1 aromatic carbocycles. The van der Waals surface area contributed by atoms with E-state index in [4.69, 9.17) is 0 Å². The zero-order chi connectivity index (χ0) is 14.9. The molecule has 0 aliphatic carbocycles. The van der Waals surface area contributed by atoms with Crippen molar-refractivity contribution in [1.82, 2.24) is 4.31 Å². The number of rotatable bonds is 3. The first-order valence-corrected chi connectivity index (χ1v) is 7.69. The van der Waals surface area contributed by atoms with Crippen molar-refractivity contribution >= 4 is 15.7 Å². The molecule has 0 spiro atoms. The molecule has 1 saturated heterocycles. The van der Waals surface area contributed by atoms with Crippen LogP contribution in [-0.4, -0.2) is 41.9 Å². The Bertz CT molecular complexity index is 616. The number of nitro groups is 1. The third kappa shape index (κ3) is 2.82. The van der Waals surface area contributed by atoms with Crippen molar-refractivity contribution in [1.29, 1.82) is 0 Å². The number of nitrogens with zero attached hydrogens (tertiary/aromatic N) is 2. The molecule has 1 N–H and O–H groups in total. The smallest absolute Gasteiger partial charge is 0.270 e. The van der Waals surface area contributed by atoms with E-state index in [0.717, 1.165) is 6.07 Å². The van der Waals surface area contributed by atoms with Crippen molar-refractivity contribution in [2.24, 2.45) is 5.92 Å². The van der Waals surface area contributed by atoms with Crippen LogP contribution in [0.3, 0.4) is 0 Å². The molecule has 1 fully saturated rings. The van der Waals surface area contributed by atoms with Gasteiger partial charge in [-0.3, -0.25) is 10.1 Å². The highest BCUT2D eigenvalue weighted by atomic mass is 32.2. The summed E-state index contributed by atoms with van der Waals surface area (Å²) in [6, 6.07) is 4.95. The summed E-state index contributed by atoms with van der Waals surface area (Å²) in [5.41, 5.74) is -0.267. The van der Waals surface area contributed by atoms with Crippen LogP contribution in [0.4, 0.5) is 5.69 Å². The van der Waals surface area contributed by atoms with Gasteiger partial charge in [-0.1, -0.05) is 13.0 Å². The maximum absolute atomic E-state index is 12.4. The van der Waals surface area contributed by atoms with Gasteiger partial charge in [0.25, 0.3) is 5.69 Å². The Hall–Kier alpha value is -1.51. The fourth-order valence-electron chi connectivity index (χ4n) is 2.14. The Balaban J connectivity index is 2.31. The largest absolute Gasteiger partial charge is 0.391 e. The number of aliphatic hydroxyl groups excluding tert-OH is 1. The van der Waals surface area contributed by atoms with Crippen LogP contribution in [0.2, 0.25) is 0 Å². The van der Waals surface area contributed by atoms with Crippen LogP contribution in [0.15, 0.2) is 29.2 Å². The van der Waals surface area contributed by atoms with Gasteiger partial charge in [0.05, 0.1) is 15.9 Å². The quantitative estimate of drug-likeness (QED) is 0.662. The van der Waals surface area contributed by atoms with Gasteiger partial charge in [0, 0.05) is 25.2 Å². The number of hydrogen-bond acceptors (Lipinski definition) is 5. The predicted molar refractivity (Wildman–Crippen MR) is 71.6 cm³/mol. The number of hydrogen-bond donors (Lipinski definition) is 1. The van der Waals surface area contributed by atoms with Gasteiger partial charge < -0.3 is 5.11 Å². The summed E-state index contributed by atoms with van der Waals surface area (Å²) >= 11 is 0. The minimum absolute atomic E-state index is 0.0200. The van der Waals surface area contributed by atoms with E-state index in [1.807, 2.05) is 6.92 Å². The second-order valence-corrected chi connectivity index (χ2v) is 6.89. The lowest BCUT2D eigenvalue weighted by Crippen LogP contribution is -2.45. The van der Waals surface area contributed by atoms with E-state index in [0.29, 0.717) is 13.0 Å². The van der Waals surface area contributed by atoms with Crippen molar-refractivity contribution in [2.75, 3.05) is 13.1 Å². The molecule has 7 nitrogen and oxygen atoms in total. The summed E-state index contributed by atoms with van der Waals surface area (Å²) in [4.78, 5) is 9.96. The van der Waals surface area contributed by atoms with Crippen LogP contribution in [0, 0.1) is 16.0 Å². The summed E-state index contributed by atoms with van der Waals surface area (Å²) in [6.45, 7) is 2.19. The molecule has 1 aromatic rings. The van der Waals surface area contributed by atoms with Crippen molar-refractivity contribution < 1.29 is 18.4 Å². The Labute approximate surface area is 117 Å². The third-order valence-electron chi connectivity index (χ3n) is 3.55. The molecule has 20 heavy (non-hydrogen) atoms. The molecule has 1 aliphatic rings. The second kappa shape index (κ2) is 5.47. The van der Waals surface area contributed by atoms with E-state index < -0.39 is 21.1 Å². The van der Waals surface area contributed by atoms with Gasteiger partial charge in [0.2, 0.25) is 10.0 Å². The van der Waals surface area contributed by atoms with E-state index in [1.165, 1.54) is 22.5 Å². The number of benzene rings is 1. The lowest BCUT2D eigenvalue weighted by Gasteiger charge is -2.33. The van der Waals surface area contributed by atoms with Crippen LogP contribution in [0.1, 0.15) is 13.3 Å². The fraction of sp³-hybridized carbons (Fsp3) is 0.500. The lowest BCUT2D eigenvalue weighted by atomic mass is 9.98. The maximum Gasteiger partial charge on any atom is 0.270 e. The minimum atomic E-state index is -3.81. The molecule has 0 amide bonds. The Morgan fingerprint density at radius 2 is 2.15 bits per heavy atom. The van der Waals surface area contributed by atoms with Crippen LogP contribution in [0.5, 0.6) is 0 Å². The topological polar surface area (TPSA) is 101 Å². The van der Waals surface area contributed by atoms with E-state index in [-0.39, 0.29) is 23.0 Å². The Kier molecular flexibility index (Phi) is 4.07. The number of aliphatic hydroxyl groups is 1. The first-order valence-electron chi connectivity index (χ1n) is 6.25. The molecule has 1 aliphatic heterocycles. The van der Waals surface area contributed by atoms with E-state index >= 15 is 0 Å². The van der Waals surface area contributed by atoms with Crippen molar-refractivity contribution in [3.8, 4) is 0 Å². The lowest BCUT2D eigenvalue weighted by molar-refractivity contribution is -0.385. The van der Waals surface area contributed by atoms with Crippen LogP contribution in [-0.2, 0) is 10.0 Å². The second-order valence-electron chi connectivity index (χ2n) is 4.95. The summed E-state index contributed by atoms with van der Waals surface area (Å²) in [6.07, 6.45) is -0.146. The first kappa shape index (κ1) is 14.9. The molecular weight excluding hydrogens is 284 g/mol. The molecule has 2 atom stereocenters.